The van der Waals surface area contributed by atoms with E-state index in [4.69, 9.17) is 4.74 Å². The average molecular weight is 436 g/mol. The highest BCUT2D eigenvalue weighted by molar-refractivity contribution is 7.89. The van der Waals surface area contributed by atoms with E-state index in [0.717, 1.165) is 16.0 Å². The number of rotatable bonds is 7. The van der Waals surface area contributed by atoms with Crippen LogP contribution in [-0.2, 0) is 26.2 Å². The number of esters is 1. The summed E-state index contributed by atoms with van der Waals surface area (Å²) in [5, 5.41) is 0.549. The average Bonchev–Trinajstić information content (AvgIpc) is 2.94. The Balaban J connectivity index is 1.54. The van der Waals surface area contributed by atoms with Crippen LogP contribution in [0.3, 0.4) is 0 Å². The number of carbonyl (C=O) groups is 1. The maximum Gasteiger partial charge on any atom is 0.307 e. The topological polar surface area (TPSA) is 118 Å². The van der Waals surface area contributed by atoms with Crippen LogP contribution in [-0.4, -0.2) is 30.9 Å². The lowest BCUT2D eigenvalue weighted by molar-refractivity contribution is -0.145. The number of ether oxygens (including phenoxy) is 1. The largest absolute Gasteiger partial charge is 0.457 e. The van der Waals surface area contributed by atoms with Gasteiger partial charge in [0, 0.05) is 11.4 Å². The van der Waals surface area contributed by atoms with Crippen molar-refractivity contribution in [3.63, 3.8) is 0 Å². The third kappa shape index (κ3) is 4.89. The predicted molar refractivity (Wildman–Crippen MR) is 110 cm³/mol. The van der Waals surface area contributed by atoms with Crippen LogP contribution in [0.1, 0.15) is 28.2 Å². The van der Waals surface area contributed by atoms with Gasteiger partial charge in [0.05, 0.1) is 16.7 Å². The summed E-state index contributed by atoms with van der Waals surface area (Å²) in [4.78, 5) is 32.8. The molecule has 0 radical (unpaired) electrons. The number of carbonyl (C=O) groups excluding carboxylic acids is 1. The molecule has 0 atom stereocenters. The third-order valence-corrected chi connectivity index (χ3v) is 6.99. The Labute approximate surface area is 172 Å². The minimum atomic E-state index is -3.69. The molecule has 10 heteroatoms. The summed E-state index contributed by atoms with van der Waals surface area (Å²) in [6.07, 6.45) is -0.144. The molecule has 0 saturated carbocycles. The van der Waals surface area contributed by atoms with Gasteiger partial charge in [-0.3, -0.25) is 9.59 Å². The summed E-state index contributed by atoms with van der Waals surface area (Å²) in [6.45, 7) is 5.35. The molecule has 2 aromatic heterocycles. The van der Waals surface area contributed by atoms with Gasteiger partial charge in [-0.1, -0.05) is 17.7 Å². The minimum absolute atomic E-state index is 0.0959. The van der Waals surface area contributed by atoms with Crippen LogP contribution >= 0.6 is 11.3 Å². The SMILES string of the molecule is Cc1ccc(S(=O)(=O)NCCC(=O)OCc2nc3sc(C)c(C)c3c(=O)[nH]2)cc1. The number of thiophene rings is 1. The highest BCUT2D eigenvalue weighted by Crippen LogP contribution is 2.25. The van der Waals surface area contributed by atoms with Gasteiger partial charge in [-0.15, -0.1) is 11.3 Å². The normalized spacial score (nSPS) is 11.7. The van der Waals surface area contributed by atoms with E-state index in [1.807, 2.05) is 20.8 Å². The van der Waals surface area contributed by atoms with Crippen LogP contribution in [0.2, 0.25) is 0 Å². The summed E-state index contributed by atoms with van der Waals surface area (Å²) >= 11 is 1.41. The van der Waals surface area contributed by atoms with Crippen molar-refractivity contribution < 1.29 is 17.9 Å². The third-order valence-electron chi connectivity index (χ3n) is 4.41. The first-order valence-electron chi connectivity index (χ1n) is 8.88. The summed E-state index contributed by atoms with van der Waals surface area (Å²) in [6, 6.07) is 6.40. The number of aryl methyl sites for hydroxylation is 3. The number of H-pyrrole nitrogens is 1. The molecule has 0 saturated heterocycles. The maximum absolute atomic E-state index is 12.2. The quantitative estimate of drug-likeness (QED) is 0.550. The second kappa shape index (κ2) is 8.44. The fourth-order valence-corrected chi connectivity index (χ4v) is 4.76. The van der Waals surface area contributed by atoms with Crippen molar-refractivity contribution in [3.05, 3.63) is 56.4 Å². The van der Waals surface area contributed by atoms with E-state index in [-0.39, 0.29) is 35.9 Å². The molecule has 0 aliphatic rings. The molecule has 3 aromatic rings. The van der Waals surface area contributed by atoms with E-state index >= 15 is 0 Å². The Morgan fingerprint density at radius 3 is 2.59 bits per heavy atom. The smallest absolute Gasteiger partial charge is 0.307 e. The van der Waals surface area contributed by atoms with E-state index in [9.17, 15) is 18.0 Å². The van der Waals surface area contributed by atoms with Gasteiger partial charge in [0.15, 0.2) is 0 Å². The summed E-state index contributed by atoms with van der Waals surface area (Å²) in [5.41, 5.74) is 1.57. The zero-order valence-corrected chi connectivity index (χ0v) is 17.9. The fourth-order valence-electron chi connectivity index (χ4n) is 2.68. The van der Waals surface area contributed by atoms with Gasteiger partial charge in [0.1, 0.15) is 17.3 Å². The van der Waals surface area contributed by atoms with Crippen molar-refractivity contribution in [1.82, 2.24) is 14.7 Å². The molecule has 0 aliphatic carbocycles. The van der Waals surface area contributed by atoms with Crippen LogP contribution in [0.4, 0.5) is 0 Å². The molecule has 8 nitrogen and oxygen atoms in total. The first-order valence-corrected chi connectivity index (χ1v) is 11.2. The first kappa shape index (κ1) is 21.2. The Kier molecular flexibility index (Phi) is 6.15. The van der Waals surface area contributed by atoms with Crippen molar-refractivity contribution in [2.45, 2.75) is 38.7 Å². The number of nitrogens with zero attached hydrogens (tertiary/aromatic N) is 1. The molecule has 154 valence electrons. The lowest BCUT2D eigenvalue weighted by atomic mass is 10.2. The molecule has 1 aromatic carbocycles. The molecule has 0 spiro atoms. The highest BCUT2D eigenvalue weighted by Gasteiger charge is 2.15. The number of hydrogen-bond donors (Lipinski definition) is 2. The molecule has 0 unspecified atom stereocenters. The van der Waals surface area contributed by atoms with Crippen LogP contribution < -0.4 is 10.3 Å². The summed E-state index contributed by atoms with van der Waals surface area (Å²) in [5.74, 6) is -0.352. The van der Waals surface area contributed by atoms with Gasteiger partial charge >= 0.3 is 5.97 Å². The van der Waals surface area contributed by atoms with Crippen LogP contribution in [0.15, 0.2) is 34.0 Å². The molecular formula is C19H21N3O5S2. The van der Waals surface area contributed by atoms with Gasteiger partial charge in [-0.2, -0.15) is 0 Å². The first-order chi connectivity index (χ1) is 13.7. The second-order valence-corrected chi connectivity index (χ2v) is 9.57. The fraction of sp³-hybridized carbons (Fsp3) is 0.316. The number of benzene rings is 1. The zero-order chi connectivity index (χ0) is 21.2. The van der Waals surface area contributed by atoms with Gasteiger partial charge in [0.25, 0.3) is 5.56 Å². The number of hydrogen-bond acceptors (Lipinski definition) is 7. The number of aromatic nitrogens is 2. The van der Waals surface area contributed by atoms with Crippen LogP contribution in [0.25, 0.3) is 10.2 Å². The van der Waals surface area contributed by atoms with Gasteiger partial charge in [-0.25, -0.2) is 18.1 Å². The summed E-state index contributed by atoms with van der Waals surface area (Å²) < 4.78 is 31.8. The van der Waals surface area contributed by atoms with E-state index in [0.29, 0.717) is 10.2 Å². The molecule has 3 rings (SSSR count). The van der Waals surface area contributed by atoms with Gasteiger partial charge in [0.2, 0.25) is 10.0 Å². The van der Waals surface area contributed by atoms with E-state index < -0.39 is 16.0 Å². The number of sulfonamides is 1. The van der Waals surface area contributed by atoms with Gasteiger partial charge < -0.3 is 9.72 Å². The zero-order valence-electron chi connectivity index (χ0n) is 16.2. The minimum Gasteiger partial charge on any atom is -0.457 e. The lowest BCUT2D eigenvalue weighted by Crippen LogP contribution is -2.26. The Bertz CT molecular complexity index is 1210. The number of fused-ring (bicyclic) bond motifs is 1. The van der Waals surface area contributed by atoms with Crippen molar-refractivity contribution in [2.24, 2.45) is 0 Å². The van der Waals surface area contributed by atoms with Gasteiger partial charge in [-0.05, 0) is 38.5 Å². The lowest BCUT2D eigenvalue weighted by Gasteiger charge is -2.07. The Morgan fingerprint density at radius 1 is 1.21 bits per heavy atom. The molecule has 29 heavy (non-hydrogen) atoms. The van der Waals surface area contributed by atoms with Crippen molar-refractivity contribution in [2.75, 3.05) is 6.54 Å². The molecule has 0 bridgehead atoms. The Hall–Kier alpha value is -2.56. The van der Waals surface area contributed by atoms with Crippen molar-refractivity contribution >= 4 is 37.5 Å². The molecule has 2 heterocycles. The number of nitrogens with one attached hydrogen (secondary N) is 2. The number of aromatic amines is 1. The predicted octanol–water partition coefficient (Wildman–Crippen LogP) is 2.32. The van der Waals surface area contributed by atoms with E-state index in [1.54, 1.807) is 12.1 Å². The van der Waals surface area contributed by atoms with Crippen molar-refractivity contribution in [1.29, 1.82) is 0 Å². The molecule has 0 fully saturated rings. The monoisotopic (exact) mass is 435 g/mol. The second-order valence-electron chi connectivity index (χ2n) is 6.60. The van der Waals surface area contributed by atoms with Crippen molar-refractivity contribution in [3.8, 4) is 0 Å². The molecule has 2 N–H and O–H groups in total. The van der Waals surface area contributed by atoms with Crippen LogP contribution in [0.5, 0.6) is 0 Å². The standard InChI is InChI=1S/C19H21N3O5S2/c1-11-4-6-14(7-5-11)29(25,26)20-9-8-16(23)27-10-15-21-18(24)17-12(2)13(3)28-19(17)22-15/h4-7,20H,8-10H2,1-3H3,(H,21,22,24). The molecular weight excluding hydrogens is 414 g/mol. The molecule has 0 aliphatic heterocycles. The Morgan fingerprint density at radius 2 is 1.90 bits per heavy atom. The summed E-state index contributed by atoms with van der Waals surface area (Å²) in [7, 11) is -3.69. The highest BCUT2D eigenvalue weighted by atomic mass is 32.2. The maximum atomic E-state index is 12.2. The van der Waals surface area contributed by atoms with E-state index in [1.165, 1.54) is 23.5 Å². The van der Waals surface area contributed by atoms with E-state index in [2.05, 4.69) is 14.7 Å². The molecule has 0 amide bonds. The van der Waals surface area contributed by atoms with Crippen LogP contribution in [0, 0.1) is 20.8 Å².